The third-order valence-corrected chi connectivity index (χ3v) is 11.6. The average Bonchev–Trinajstić information content (AvgIpc) is 3.42. The van der Waals surface area contributed by atoms with Crippen molar-refractivity contribution in [3.05, 3.63) is 46.5 Å². The van der Waals surface area contributed by atoms with Crippen molar-refractivity contribution in [2.75, 3.05) is 18.0 Å². The third-order valence-electron chi connectivity index (χ3n) is 7.65. The molecule has 2 aliphatic heterocycles. The molecule has 1 fully saturated rings. The van der Waals surface area contributed by atoms with E-state index in [-0.39, 0.29) is 12.6 Å². The Hall–Kier alpha value is -2.51. The molecule has 0 saturated carbocycles. The van der Waals surface area contributed by atoms with Crippen molar-refractivity contribution in [2.24, 2.45) is 0 Å². The van der Waals surface area contributed by atoms with Gasteiger partial charge in [-0.2, -0.15) is 9.57 Å². The van der Waals surface area contributed by atoms with E-state index in [1.807, 2.05) is 38.1 Å². The molecular weight excluding hydrogens is 504 g/mol. The Balaban J connectivity index is 1.66. The number of hydrogen-bond acceptors (Lipinski definition) is 7. The number of aliphatic hydroxyl groups is 1. The van der Waals surface area contributed by atoms with Crippen LogP contribution in [0.4, 0.5) is 5.69 Å². The van der Waals surface area contributed by atoms with Gasteiger partial charge in [-0.25, -0.2) is 8.42 Å². The number of sulfonamides is 1. The van der Waals surface area contributed by atoms with E-state index < -0.39 is 20.3 Å². The lowest BCUT2D eigenvalue weighted by Crippen LogP contribution is -2.50. The summed E-state index contributed by atoms with van der Waals surface area (Å²) in [4.78, 5) is 7.75. The monoisotopic (exact) mass is 538 g/mol. The molecule has 7 nitrogen and oxygen atoms in total. The summed E-state index contributed by atoms with van der Waals surface area (Å²) >= 11 is 1.52. The molecular formula is C28H34N4O3S2. The smallest absolute Gasteiger partial charge is 0.219 e. The maximum atomic E-state index is 13.5. The molecule has 37 heavy (non-hydrogen) atoms. The minimum absolute atomic E-state index is 0.0199. The first kappa shape index (κ1) is 26.1. The molecule has 0 radical (unpaired) electrons. The summed E-state index contributed by atoms with van der Waals surface area (Å²) < 4.78 is 28.9. The second kappa shape index (κ2) is 9.05. The summed E-state index contributed by atoms with van der Waals surface area (Å²) in [6, 6.07) is 10.2. The number of aryl methyl sites for hydroxylation is 1. The highest BCUT2D eigenvalue weighted by molar-refractivity contribution is 7.90. The minimum Gasteiger partial charge on any atom is -0.391 e. The molecule has 9 heteroatoms. The topological polar surface area (TPSA) is 97.5 Å². The average molecular weight is 539 g/mol. The van der Waals surface area contributed by atoms with Gasteiger partial charge >= 0.3 is 0 Å². The van der Waals surface area contributed by atoms with Crippen molar-refractivity contribution in [3.8, 4) is 17.2 Å². The Bertz CT molecular complexity index is 1510. The van der Waals surface area contributed by atoms with Crippen LogP contribution in [0.2, 0.25) is 0 Å². The highest BCUT2D eigenvalue weighted by Crippen LogP contribution is 2.46. The molecule has 196 valence electrons. The lowest BCUT2D eigenvalue weighted by molar-refractivity contribution is 0.284. The van der Waals surface area contributed by atoms with Crippen LogP contribution < -0.4 is 4.90 Å². The minimum atomic E-state index is -3.50. The zero-order valence-corrected chi connectivity index (χ0v) is 23.7. The molecule has 1 atom stereocenters. The van der Waals surface area contributed by atoms with Gasteiger partial charge in [-0.1, -0.05) is 0 Å². The molecule has 1 saturated heterocycles. The van der Waals surface area contributed by atoms with Crippen molar-refractivity contribution in [3.63, 3.8) is 0 Å². The van der Waals surface area contributed by atoms with Gasteiger partial charge in [0, 0.05) is 52.6 Å². The summed E-state index contributed by atoms with van der Waals surface area (Å²) in [5.41, 5.74) is 5.12. The van der Waals surface area contributed by atoms with Crippen molar-refractivity contribution in [2.45, 2.75) is 76.8 Å². The van der Waals surface area contributed by atoms with E-state index in [0.717, 1.165) is 63.3 Å². The van der Waals surface area contributed by atoms with Crippen LogP contribution in [-0.2, 0) is 23.1 Å². The fourth-order valence-electron chi connectivity index (χ4n) is 5.83. The van der Waals surface area contributed by atoms with Crippen LogP contribution in [0.15, 0.2) is 30.5 Å². The molecule has 0 amide bonds. The number of thiophene rings is 1. The van der Waals surface area contributed by atoms with Gasteiger partial charge < -0.3 is 10.0 Å². The first-order valence-electron chi connectivity index (χ1n) is 12.7. The molecule has 0 bridgehead atoms. The van der Waals surface area contributed by atoms with Gasteiger partial charge in [0.2, 0.25) is 10.0 Å². The highest BCUT2D eigenvalue weighted by Gasteiger charge is 2.50. The fourth-order valence-corrected chi connectivity index (χ4v) is 8.59. The van der Waals surface area contributed by atoms with Crippen LogP contribution in [-0.4, -0.2) is 52.2 Å². The number of hydrogen-bond donors (Lipinski definition) is 1. The van der Waals surface area contributed by atoms with Crippen LogP contribution in [0.25, 0.3) is 21.3 Å². The Kier molecular flexibility index (Phi) is 6.39. The number of aromatic nitrogens is 1. The Labute approximate surface area is 223 Å². The normalized spacial score (nSPS) is 20.2. The molecule has 5 rings (SSSR count). The number of aliphatic hydroxyl groups excluding tert-OH is 1. The lowest BCUT2D eigenvalue weighted by Gasteiger charge is -2.38. The zero-order chi connectivity index (χ0) is 26.8. The van der Waals surface area contributed by atoms with Gasteiger partial charge in [0.25, 0.3) is 0 Å². The first-order chi connectivity index (χ1) is 17.4. The van der Waals surface area contributed by atoms with Crippen molar-refractivity contribution >= 4 is 37.3 Å². The van der Waals surface area contributed by atoms with Crippen molar-refractivity contribution in [1.29, 1.82) is 5.26 Å². The molecule has 1 aromatic carbocycles. The largest absolute Gasteiger partial charge is 0.391 e. The van der Waals surface area contributed by atoms with E-state index in [1.54, 1.807) is 31.3 Å². The van der Waals surface area contributed by atoms with Gasteiger partial charge in [0.05, 0.1) is 33.2 Å². The molecule has 0 unspecified atom stereocenters. The van der Waals surface area contributed by atoms with Crippen molar-refractivity contribution in [1.82, 2.24) is 9.29 Å². The maximum absolute atomic E-state index is 13.5. The number of nitriles is 1. The summed E-state index contributed by atoms with van der Waals surface area (Å²) in [7, 11) is -3.50. The molecule has 2 aromatic heterocycles. The van der Waals surface area contributed by atoms with E-state index in [0.29, 0.717) is 12.1 Å². The summed E-state index contributed by atoms with van der Waals surface area (Å²) in [6.45, 7) is 10.6. The Morgan fingerprint density at radius 3 is 2.68 bits per heavy atom. The van der Waals surface area contributed by atoms with Crippen LogP contribution in [0.5, 0.6) is 0 Å². The zero-order valence-electron chi connectivity index (χ0n) is 22.1. The number of anilines is 1. The van der Waals surface area contributed by atoms with E-state index in [9.17, 15) is 18.8 Å². The van der Waals surface area contributed by atoms with Gasteiger partial charge in [0.1, 0.15) is 0 Å². The first-order valence-corrected chi connectivity index (χ1v) is 15.0. The van der Waals surface area contributed by atoms with Crippen LogP contribution in [0, 0.1) is 11.3 Å². The van der Waals surface area contributed by atoms with Crippen LogP contribution in [0.1, 0.15) is 63.5 Å². The number of benzene rings is 1. The van der Waals surface area contributed by atoms with Crippen molar-refractivity contribution < 1.29 is 13.5 Å². The second-order valence-corrected chi connectivity index (χ2v) is 15.5. The summed E-state index contributed by atoms with van der Waals surface area (Å²) in [5, 5.41) is 19.6. The van der Waals surface area contributed by atoms with E-state index >= 15 is 0 Å². The van der Waals surface area contributed by atoms with E-state index in [4.69, 9.17) is 0 Å². The number of fused-ring (bicyclic) bond motifs is 2. The SMILES string of the molecule is CC1(C)C[C@@H](N2CCCc3cc(C#N)cc(-c4ccnc5cc(CO)sc45)c32)CN1S(=O)(=O)C(C)(C)C. The van der Waals surface area contributed by atoms with E-state index in [1.165, 1.54) is 11.3 Å². The molecule has 1 N–H and O–H groups in total. The van der Waals surface area contributed by atoms with Crippen LogP contribution >= 0.6 is 11.3 Å². The lowest BCUT2D eigenvalue weighted by atomic mass is 9.90. The highest BCUT2D eigenvalue weighted by atomic mass is 32.2. The van der Waals surface area contributed by atoms with E-state index in [2.05, 4.69) is 16.0 Å². The Morgan fingerprint density at radius 1 is 1.24 bits per heavy atom. The predicted octanol–water partition coefficient (Wildman–Crippen LogP) is 5.06. The molecule has 2 aliphatic rings. The Morgan fingerprint density at radius 2 is 2.00 bits per heavy atom. The maximum Gasteiger partial charge on any atom is 0.219 e. The van der Waals surface area contributed by atoms with Gasteiger partial charge in [-0.3, -0.25) is 4.98 Å². The molecule has 0 spiro atoms. The number of pyridine rings is 1. The van der Waals surface area contributed by atoms with Gasteiger partial charge in [-0.05, 0) is 83.7 Å². The quantitative estimate of drug-likeness (QED) is 0.499. The fraction of sp³-hybridized carbons (Fsp3) is 0.500. The van der Waals surface area contributed by atoms with Gasteiger partial charge in [0.15, 0.2) is 0 Å². The predicted molar refractivity (Wildman–Crippen MR) is 149 cm³/mol. The number of nitrogens with zero attached hydrogens (tertiary/aromatic N) is 4. The summed E-state index contributed by atoms with van der Waals surface area (Å²) in [5.74, 6) is 0. The molecule has 4 heterocycles. The standard InChI is InChI=1S/C28H34N4O3S2/c1-27(2,3)37(34,35)32-16-20(14-28(32,4)5)31-10-6-7-19-11-18(15-29)12-23(25(19)31)22-8-9-30-24-13-21(17-33)36-26(22)24/h8-9,11-13,20,33H,6-7,10,14,16-17H2,1-5H3/t20-/m1/s1. The second-order valence-electron chi connectivity index (χ2n) is 11.7. The third kappa shape index (κ3) is 4.34. The summed E-state index contributed by atoms with van der Waals surface area (Å²) in [6.07, 6.45) is 4.32. The van der Waals surface area contributed by atoms with Gasteiger partial charge in [-0.15, -0.1) is 11.3 Å². The molecule has 0 aliphatic carbocycles. The molecule has 3 aromatic rings. The van der Waals surface area contributed by atoms with Crippen LogP contribution in [0.3, 0.4) is 0 Å². The number of rotatable bonds is 4.